The molecule has 3 aromatic rings. The van der Waals surface area contributed by atoms with E-state index in [4.69, 9.17) is 4.74 Å². The standard InChI is InChI=1S/C18H21N5O2S/c1-3-11-19-16(24)12-26-17-10-9-15-20-21-18(23(15)22-17)13-5-7-14(8-6-13)25-4-2/h5-10H,3-4,11-12H2,1-2H3,(H,19,24). The van der Waals surface area contributed by atoms with Crippen molar-refractivity contribution >= 4 is 23.3 Å². The number of nitrogens with zero attached hydrogens (tertiary/aromatic N) is 4. The maximum absolute atomic E-state index is 11.8. The van der Waals surface area contributed by atoms with E-state index in [2.05, 4.69) is 20.6 Å². The molecule has 0 unspecified atom stereocenters. The minimum atomic E-state index is 0.00856. The van der Waals surface area contributed by atoms with E-state index in [1.807, 2.05) is 50.2 Å². The average molecular weight is 371 g/mol. The summed E-state index contributed by atoms with van der Waals surface area (Å²) in [6.07, 6.45) is 0.923. The predicted octanol–water partition coefficient (Wildman–Crippen LogP) is 2.81. The number of thioether (sulfide) groups is 1. The molecule has 0 aliphatic carbocycles. The second kappa shape index (κ2) is 8.66. The number of fused-ring (bicyclic) bond motifs is 1. The van der Waals surface area contributed by atoms with E-state index in [0.717, 1.165) is 22.8 Å². The minimum Gasteiger partial charge on any atom is -0.494 e. The van der Waals surface area contributed by atoms with Gasteiger partial charge in [0.1, 0.15) is 10.8 Å². The second-order valence-corrected chi connectivity index (χ2v) is 6.56. The average Bonchev–Trinajstić information content (AvgIpc) is 3.09. The number of hydrogen-bond acceptors (Lipinski definition) is 6. The molecule has 8 heteroatoms. The Morgan fingerprint density at radius 2 is 1.96 bits per heavy atom. The molecule has 136 valence electrons. The molecule has 0 bridgehead atoms. The van der Waals surface area contributed by atoms with E-state index in [-0.39, 0.29) is 5.91 Å². The summed E-state index contributed by atoms with van der Waals surface area (Å²) in [7, 11) is 0. The van der Waals surface area contributed by atoms with Crippen LogP contribution in [0.2, 0.25) is 0 Å². The van der Waals surface area contributed by atoms with E-state index in [1.54, 1.807) is 4.52 Å². The first-order valence-corrected chi connectivity index (χ1v) is 9.55. The highest BCUT2D eigenvalue weighted by atomic mass is 32.2. The van der Waals surface area contributed by atoms with E-state index in [0.29, 0.717) is 30.4 Å². The normalized spacial score (nSPS) is 10.8. The van der Waals surface area contributed by atoms with E-state index >= 15 is 0 Å². The van der Waals surface area contributed by atoms with Crippen LogP contribution in [0.4, 0.5) is 0 Å². The van der Waals surface area contributed by atoms with Crippen LogP contribution in [-0.2, 0) is 4.79 Å². The number of amides is 1. The fourth-order valence-electron chi connectivity index (χ4n) is 2.35. The highest BCUT2D eigenvalue weighted by Crippen LogP contribution is 2.22. The van der Waals surface area contributed by atoms with Crippen LogP contribution in [0.3, 0.4) is 0 Å². The Morgan fingerprint density at radius 3 is 2.69 bits per heavy atom. The smallest absolute Gasteiger partial charge is 0.230 e. The van der Waals surface area contributed by atoms with Gasteiger partial charge in [-0.3, -0.25) is 4.79 Å². The third-order valence-corrected chi connectivity index (χ3v) is 4.51. The van der Waals surface area contributed by atoms with E-state index < -0.39 is 0 Å². The maximum atomic E-state index is 11.8. The number of carbonyl (C=O) groups is 1. The minimum absolute atomic E-state index is 0.00856. The molecule has 26 heavy (non-hydrogen) atoms. The number of benzene rings is 1. The lowest BCUT2D eigenvalue weighted by Crippen LogP contribution is -2.25. The zero-order chi connectivity index (χ0) is 18.4. The molecule has 3 rings (SSSR count). The number of ether oxygens (including phenoxy) is 1. The molecule has 7 nitrogen and oxygen atoms in total. The molecule has 0 radical (unpaired) electrons. The van der Waals surface area contributed by atoms with Crippen molar-refractivity contribution in [2.24, 2.45) is 0 Å². The summed E-state index contributed by atoms with van der Waals surface area (Å²) in [5, 5.41) is 16.6. The zero-order valence-corrected chi connectivity index (χ0v) is 15.6. The zero-order valence-electron chi connectivity index (χ0n) is 14.8. The van der Waals surface area contributed by atoms with Crippen molar-refractivity contribution in [1.29, 1.82) is 0 Å². The largest absolute Gasteiger partial charge is 0.494 e. The Balaban J connectivity index is 1.78. The molecule has 0 atom stereocenters. The SMILES string of the molecule is CCCNC(=O)CSc1ccc2nnc(-c3ccc(OCC)cc3)n2n1. The lowest BCUT2D eigenvalue weighted by atomic mass is 10.2. The molecule has 1 N–H and O–H groups in total. The quantitative estimate of drug-likeness (QED) is 0.613. The Bertz CT molecular complexity index is 879. The molecule has 1 amide bonds. The van der Waals surface area contributed by atoms with Crippen LogP contribution < -0.4 is 10.1 Å². The number of nitrogens with one attached hydrogen (secondary N) is 1. The van der Waals surface area contributed by atoms with Crippen molar-refractivity contribution in [3.63, 3.8) is 0 Å². The van der Waals surface area contributed by atoms with Gasteiger partial charge in [-0.05, 0) is 49.7 Å². The van der Waals surface area contributed by atoms with Crippen LogP contribution in [0.25, 0.3) is 17.0 Å². The Kier molecular flexibility index (Phi) is 6.06. The van der Waals surface area contributed by atoms with Crippen molar-refractivity contribution < 1.29 is 9.53 Å². The number of hydrogen-bond donors (Lipinski definition) is 1. The highest BCUT2D eigenvalue weighted by molar-refractivity contribution is 7.99. The summed E-state index contributed by atoms with van der Waals surface area (Å²) in [5.74, 6) is 1.81. The van der Waals surface area contributed by atoms with Gasteiger partial charge >= 0.3 is 0 Å². The van der Waals surface area contributed by atoms with Gasteiger partial charge in [0.05, 0.1) is 12.4 Å². The molecule has 0 aliphatic heterocycles. The predicted molar refractivity (Wildman–Crippen MR) is 101 cm³/mol. The summed E-state index contributed by atoms with van der Waals surface area (Å²) >= 11 is 1.39. The summed E-state index contributed by atoms with van der Waals surface area (Å²) in [6.45, 7) is 5.29. The number of carbonyl (C=O) groups excluding carboxylic acids is 1. The molecule has 0 fully saturated rings. The third-order valence-electron chi connectivity index (χ3n) is 3.59. The number of aromatic nitrogens is 4. The van der Waals surface area contributed by atoms with E-state index in [1.165, 1.54) is 11.8 Å². The third kappa shape index (κ3) is 4.32. The van der Waals surface area contributed by atoms with Crippen LogP contribution in [0.1, 0.15) is 20.3 Å². The Morgan fingerprint density at radius 1 is 1.15 bits per heavy atom. The second-order valence-electron chi connectivity index (χ2n) is 5.56. The molecule has 0 spiro atoms. The Labute approximate surface area is 156 Å². The van der Waals surface area contributed by atoms with Gasteiger partial charge in [-0.2, -0.15) is 9.61 Å². The van der Waals surface area contributed by atoms with Gasteiger partial charge in [0.25, 0.3) is 0 Å². The first-order valence-electron chi connectivity index (χ1n) is 8.56. The molecule has 2 aromatic heterocycles. The highest BCUT2D eigenvalue weighted by Gasteiger charge is 2.11. The lowest BCUT2D eigenvalue weighted by Gasteiger charge is -2.05. The van der Waals surface area contributed by atoms with Crippen molar-refractivity contribution in [3.05, 3.63) is 36.4 Å². The van der Waals surface area contributed by atoms with Crippen molar-refractivity contribution in [3.8, 4) is 17.1 Å². The van der Waals surface area contributed by atoms with E-state index in [9.17, 15) is 4.79 Å². The van der Waals surface area contributed by atoms with Crippen LogP contribution in [0.15, 0.2) is 41.4 Å². The Hall–Kier alpha value is -2.61. The summed E-state index contributed by atoms with van der Waals surface area (Å²) in [6, 6.07) is 11.4. The van der Waals surface area contributed by atoms with Gasteiger partial charge in [0.15, 0.2) is 11.5 Å². The molecular formula is C18H21N5O2S. The first kappa shape index (κ1) is 18.2. The van der Waals surface area contributed by atoms with Gasteiger partial charge in [-0.15, -0.1) is 10.2 Å². The number of rotatable bonds is 8. The summed E-state index contributed by atoms with van der Waals surface area (Å²) in [5.41, 5.74) is 1.56. The molecular weight excluding hydrogens is 350 g/mol. The van der Waals surface area contributed by atoms with Crippen LogP contribution >= 0.6 is 11.8 Å². The topological polar surface area (TPSA) is 81.4 Å². The molecule has 0 aliphatic rings. The van der Waals surface area contributed by atoms with Crippen molar-refractivity contribution in [1.82, 2.24) is 25.1 Å². The van der Waals surface area contributed by atoms with Crippen molar-refractivity contribution in [2.75, 3.05) is 18.9 Å². The molecule has 0 saturated heterocycles. The molecule has 2 heterocycles. The lowest BCUT2D eigenvalue weighted by molar-refractivity contribution is -0.118. The van der Waals surface area contributed by atoms with Gasteiger partial charge in [-0.25, -0.2) is 0 Å². The van der Waals surface area contributed by atoms with Gasteiger partial charge in [-0.1, -0.05) is 18.7 Å². The van der Waals surface area contributed by atoms with Gasteiger partial charge < -0.3 is 10.1 Å². The van der Waals surface area contributed by atoms with Crippen molar-refractivity contribution in [2.45, 2.75) is 25.3 Å². The first-order chi connectivity index (χ1) is 12.7. The monoisotopic (exact) mass is 371 g/mol. The fraction of sp³-hybridized carbons (Fsp3) is 0.333. The molecule has 0 saturated carbocycles. The van der Waals surface area contributed by atoms with Crippen LogP contribution in [0.5, 0.6) is 5.75 Å². The molecule has 1 aromatic carbocycles. The fourth-order valence-corrected chi connectivity index (χ4v) is 3.04. The summed E-state index contributed by atoms with van der Waals surface area (Å²) < 4.78 is 7.16. The van der Waals surface area contributed by atoms with Gasteiger partial charge in [0, 0.05) is 12.1 Å². The van der Waals surface area contributed by atoms with Gasteiger partial charge in [0.2, 0.25) is 5.91 Å². The van der Waals surface area contributed by atoms with Crippen LogP contribution in [-0.4, -0.2) is 44.6 Å². The summed E-state index contributed by atoms with van der Waals surface area (Å²) in [4.78, 5) is 11.8. The maximum Gasteiger partial charge on any atom is 0.230 e. The van der Waals surface area contributed by atoms with Crippen LogP contribution in [0, 0.1) is 0 Å².